The topological polar surface area (TPSA) is 101 Å². The van der Waals surface area contributed by atoms with Crippen molar-refractivity contribution in [2.24, 2.45) is 0 Å². The lowest BCUT2D eigenvalue weighted by atomic mass is 10.4. The molecule has 7 nitrogen and oxygen atoms in total. The number of rotatable bonds is 9. The third-order valence-corrected chi connectivity index (χ3v) is 4.29. The zero-order valence-electron chi connectivity index (χ0n) is 9.86. The Morgan fingerprint density at radius 3 is 2.56 bits per heavy atom. The SMILES string of the molecule is O=[PH](CCCCP(=O)(O)O)OCNn1cccc1. The van der Waals surface area contributed by atoms with E-state index in [9.17, 15) is 9.13 Å². The first kappa shape index (κ1) is 15.5. The van der Waals surface area contributed by atoms with E-state index in [2.05, 4.69) is 5.43 Å². The molecule has 0 aliphatic heterocycles. The van der Waals surface area contributed by atoms with E-state index < -0.39 is 15.6 Å². The maximum Gasteiger partial charge on any atom is 0.325 e. The summed E-state index contributed by atoms with van der Waals surface area (Å²) < 4.78 is 28.7. The molecule has 0 saturated heterocycles. The Morgan fingerprint density at radius 2 is 1.94 bits per heavy atom. The number of unbranched alkanes of at least 4 members (excludes halogenated alkanes) is 1. The minimum atomic E-state index is -3.93. The third-order valence-electron chi connectivity index (χ3n) is 2.17. The van der Waals surface area contributed by atoms with Crippen LogP contribution in [0.15, 0.2) is 24.5 Å². The summed E-state index contributed by atoms with van der Waals surface area (Å²) in [6.45, 7) is 0.144. The molecule has 0 amide bonds. The van der Waals surface area contributed by atoms with Crippen LogP contribution in [0.4, 0.5) is 0 Å². The van der Waals surface area contributed by atoms with Gasteiger partial charge in [-0.2, -0.15) is 0 Å². The van der Waals surface area contributed by atoms with Crippen molar-refractivity contribution >= 4 is 15.6 Å². The molecule has 104 valence electrons. The molecule has 0 aliphatic rings. The Morgan fingerprint density at radius 1 is 1.28 bits per heavy atom. The average Bonchev–Trinajstić information content (AvgIpc) is 2.76. The van der Waals surface area contributed by atoms with Crippen molar-refractivity contribution in [3.63, 3.8) is 0 Å². The highest BCUT2D eigenvalue weighted by Gasteiger charge is 2.11. The number of hydrogen-bond acceptors (Lipinski definition) is 4. The van der Waals surface area contributed by atoms with Gasteiger partial charge in [0.15, 0.2) is 8.03 Å². The minimum absolute atomic E-state index is 0.144. The predicted molar refractivity (Wildman–Crippen MR) is 69.8 cm³/mol. The molecule has 0 aromatic carbocycles. The molecule has 1 unspecified atom stereocenters. The highest BCUT2D eigenvalue weighted by molar-refractivity contribution is 7.51. The second kappa shape index (κ2) is 7.77. The molecule has 9 heteroatoms. The second-order valence-electron chi connectivity index (χ2n) is 3.75. The molecule has 0 bridgehead atoms. The first-order valence-electron chi connectivity index (χ1n) is 5.54. The van der Waals surface area contributed by atoms with Crippen molar-refractivity contribution in [1.29, 1.82) is 0 Å². The van der Waals surface area contributed by atoms with Crippen LogP contribution in [0.25, 0.3) is 0 Å². The van der Waals surface area contributed by atoms with Gasteiger partial charge >= 0.3 is 7.60 Å². The minimum Gasteiger partial charge on any atom is -0.324 e. The fourth-order valence-electron chi connectivity index (χ4n) is 1.29. The van der Waals surface area contributed by atoms with Gasteiger partial charge in [0, 0.05) is 24.7 Å². The van der Waals surface area contributed by atoms with Gasteiger partial charge < -0.3 is 19.7 Å². The first-order chi connectivity index (χ1) is 8.47. The highest BCUT2D eigenvalue weighted by atomic mass is 31.2. The number of nitrogens with zero attached hydrogens (tertiary/aromatic N) is 1. The summed E-state index contributed by atoms with van der Waals surface area (Å²) >= 11 is 0. The van der Waals surface area contributed by atoms with Crippen molar-refractivity contribution in [1.82, 2.24) is 4.68 Å². The summed E-state index contributed by atoms with van der Waals surface area (Å²) in [6, 6.07) is 3.69. The largest absolute Gasteiger partial charge is 0.325 e. The van der Waals surface area contributed by atoms with E-state index >= 15 is 0 Å². The molecule has 1 aromatic heterocycles. The Labute approximate surface area is 106 Å². The molecule has 1 heterocycles. The lowest BCUT2D eigenvalue weighted by Gasteiger charge is -2.08. The van der Waals surface area contributed by atoms with Crippen LogP contribution in [0.1, 0.15) is 12.8 Å². The summed E-state index contributed by atoms with van der Waals surface area (Å²) in [7, 11) is -6.07. The molecular formula is C9H18N2O5P2. The Bertz CT molecular complexity index is 403. The van der Waals surface area contributed by atoms with Crippen LogP contribution < -0.4 is 5.43 Å². The summed E-state index contributed by atoms with van der Waals surface area (Å²) in [4.78, 5) is 17.3. The molecule has 1 aromatic rings. The monoisotopic (exact) mass is 296 g/mol. The van der Waals surface area contributed by atoms with Crippen LogP contribution in [-0.2, 0) is 13.7 Å². The quantitative estimate of drug-likeness (QED) is 0.362. The molecule has 0 aliphatic carbocycles. The molecule has 0 radical (unpaired) electrons. The Balaban J connectivity index is 2.02. The summed E-state index contributed by atoms with van der Waals surface area (Å²) in [5.74, 6) is 0. The third kappa shape index (κ3) is 7.69. The predicted octanol–water partition coefficient (Wildman–Crippen LogP) is 1.44. The standard InChI is InChI=1S/C9H18N2O5P2/c12-17(7-3-4-8-18(13,14)15)16-9-10-11-5-1-2-6-11/h1-2,5-6,10,17H,3-4,7-9H2,(H2,13,14,15). The van der Waals surface area contributed by atoms with Gasteiger partial charge in [0.2, 0.25) is 0 Å². The molecule has 18 heavy (non-hydrogen) atoms. The van der Waals surface area contributed by atoms with E-state index in [4.69, 9.17) is 14.3 Å². The van der Waals surface area contributed by atoms with Crippen molar-refractivity contribution in [3.8, 4) is 0 Å². The zero-order chi connectivity index (χ0) is 13.4. The van der Waals surface area contributed by atoms with Crippen LogP contribution in [0.5, 0.6) is 0 Å². The normalized spacial score (nSPS) is 13.4. The van der Waals surface area contributed by atoms with Crippen molar-refractivity contribution < 1.29 is 23.4 Å². The fraction of sp³-hybridized carbons (Fsp3) is 0.556. The number of hydrogen-bond donors (Lipinski definition) is 3. The van der Waals surface area contributed by atoms with Crippen molar-refractivity contribution in [2.75, 3.05) is 24.5 Å². The van der Waals surface area contributed by atoms with E-state index in [0.717, 1.165) is 0 Å². The summed E-state index contributed by atoms with van der Waals surface area (Å²) in [5, 5.41) is 0. The Hall–Kier alpha value is -0.580. The number of nitrogens with one attached hydrogen (secondary N) is 1. The van der Waals surface area contributed by atoms with Crippen LogP contribution in [-0.4, -0.2) is 33.5 Å². The molecule has 0 fully saturated rings. The van der Waals surface area contributed by atoms with E-state index in [1.165, 1.54) is 0 Å². The summed E-state index contributed by atoms with van der Waals surface area (Å²) in [6.07, 6.45) is 4.62. The van der Waals surface area contributed by atoms with Gasteiger partial charge in [-0.05, 0) is 25.0 Å². The maximum absolute atomic E-state index is 11.4. The van der Waals surface area contributed by atoms with Gasteiger partial charge in [-0.15, -0.1) is 0 Å². The number of aromatic nitrogens is 1. The van der Waals surface area contributed by atoms with Crippen LogP contribution in [0.3, 0.4) is 0 Å². The van der Waals surface area contributed by atoms with E-state index in [1.807, 2.05) is 12.1 Å². The fourth-order valence-corrected chi connectivity index (χ4v) is 2.83. The van der Waals surface area contributed by atoms with Gasteiger partial charge in [-0.25, -0.2) is 0 Å². The van der Waals surface area contributed by atoms with Crippen molar-refractivity contribution in [3.05, 3.63) is 24.5 Å². The highest BCUT2D eigenvalue weighted by Crippen LogP contribution is 2.36. The second-order valence-corrected chi connectivity index (χ2v) is 7.06. The molecule has 1 atom stereocenters. The van der Waals surface area contributed by atoms with Gasteiger partial charge in [-0.1, -0.05) is 0 Å². The average molecular weight is 296 g/mol. The first-order valence-corrected chi connectivity index (χ1v) is 8.86. The molecule has 1 rings (SSSR count). The molecular weight excluding hydrogens is 278 g/mol. The van der Waals surface area contributed by atoms with Gasteiger partial charge in [0.05, 0.1) is 0 Å². The van der Waals surface area contributed by atoms with Crippen LogP contribution in [0, 0.1) is 0 Å². The summed E-state index contributed by atoms with van der Waals surface area (Å²) in [5.41, 5.74) is 2.87. The van der Waals surface area contributed by atoms with Gasteiger partial charge in [0.25, 0.3) is 0 Å². The molecule has 0 saturated carbocycles. The maximum atomic E-state index is 11.4. The van der Waals surface area contributed by atoms with Gasteiger partial charge in [0.1, 0.15) is 6.73 Å². The molecule has 0 spiro atoms. The van der Waals surface area contributed by atoms with Crippen LogP contribution >= 0.6 is 15.6 Å². The Kier molecular flexibility index (Phi) is 6.68. The lowest BCUT2D eigenvalue weighted by Crippen LogP contribution is -2.14. The lowest BCUT2D eigenvalue weighted by molar-refractivity contribution is 0.340. The van der Waals surface area contributed by atoms with E-state index in [0.29, 0.717) is 19.0 Å². The van der Waals surface area contributed by atoms with Crippen LogP contribution in [0.2, 0.25) is 0 Å². The van der Waals surface area contributed by atoms with Gasteiger partial charge in [-0.3, -0.25) is 13.8 Å². The van der Waals surface area contributed by atoms with E-state index in [-0.39, 0.29) is 12.9 Å². The smallest absolute Gasteiger partial charge is 0.324 e. The van der Waals surface area contributed by atoms with Crippen molar-refractivity contribution in [2.45, 2.75) is 12.8 Å². The zero-order valence-corrected chi connectivity index (χ0v) is 11.8. The molecule has 3 N–H and O–H groups in total. The van der Waals surface area contributed by atoms with E-state index in [1.54, 1.807) is 17.1 Å².